The molecule has 1 aromatic rings. The van der Waals surface area contributed by atoms with Gasteiger partial charge in [0.15, 0.2) is 5.16 Å². The number of aromatic amines is 1. The van der Waals surface area contributed by atoms with Crippen LogP contribution in [0.2, 0.25) is 0 Å². The van der Waals surface area contributed by atoms with Gasteiger partial charge in [0, 0.05) is 24.1 Å². The highest BCUT2D eigenvalue weighted by atomic mass is 32.2. The second-order valence-electron chi connectivity index (χ2n) is 4.76. The predicted octanol–water partition coefficient (Wildman–Crippen LogP) is 2.03. The molecule has 0 radical (unpaired) electrons. The van der Waals surface area contributed by atoms with E-state index < -0.39 is 0 Å². The molecular formula is C13H21N3OS. The fraction of sp³-hybridized carbons (Fsp3) is 0.692. The minimum atomic E-state index is -0.0756. The lowest BCUT2D eigenvalue weighted by Crippen LogP contribution is -2.37. The van der Waals surface area contributed by atoms with Crippen LogP contribution in [0.25, 0.3) is 0 Å². The molecule has 18 heavy (non-hydrogen) atoms. The maximum atomic E-state index is 11.2. The van der Waals surface area contributed by atoms with E-state index in [-0.39, 0.29) is 5.56 Å². The molecular weight excluding hydrogens is 246 g/mol. The first-order valence-corrected chi connectivity index (χ1v) is 7.69. The zero-order chi connectivity index (χ0) is 12.8. The molecule has 1 saturated carbocycles. The molecule has 0 amide bonds. The molecule has 0 aliphatic heterocycles. The zero-order valence-corrected chi connectivity index (χ0v) is 11.6. The summed E-state index contributed by atoms with van der Waals surface area (Å²) in [5, 5.41) is 4.29. The van der Waals surface area contributed by atoms with E-state index in [1.807, 2.05) is 0 Å². The van der Waals surface area contributed by atoms with Gasteiger partial charge in [0.05, 0.1) is 0 Å². The number of rotatable bonds is 6. The van der Waals surface area contributed by atoms with Crippen molar-refractivity contribution in [3.63, 3.8) is 0 Å². The van der Waals surface area contributed by atoms with Crippen LogP contribution in [0.4, 0.5) is 0 Å². The highest BCUT2D eigenvalue weighted by molar-refractivity contribution is 7.99. The summed E-state index contributed by atoms with van der Waals surface area (Å²) in [5.74, 6) is 1.76. The Hall–Kier alpha value is -0.810. The molecule has 0 aromatic carbocycles. The highest BCUT2D eigenvalue weighted by Crippen LogP contribution is 2.29. The molecule has 1 unspecified atom stereocenters. The van der Waals surface area contributed by atoms with Crippen molar-refractivity contribution >= 4 is 11.8 Å². The summed E-state index contributed by atoms with van der Waals surface area (Å²) in [6, 6.07) is 1.98. The van der Waals surface area contributed by atoms with Crippen molar-refractivity contribution in [2.24, 2.45) is 5.92 Å². The van der Waals surface area contributed by atoms with Crippen molar-refractivity contribution in [2.75, 3.05) is 12.3 Å². The molecule has 2 N–H and O–H groups in total. The molecule has 0 saturated heterocycles. The van der Waals surface area contributed by atoms with E-state index in [0.717, 1.165) is 23.4 Å². The molecule has 1 heterocycles. The fourth-order valence-electron chi connectivity index (χ4n) is 2.58. The summed E-state index contributed by atoms with van der Waals surface area (Å²) in [5.41, 5.74) is -0.0756. The summed E-state index contributed by atoms with van der Waals surface area (Å²) >= 11 is 1.64. The summed E-state index contributed by atoms with van der Waals surface area (Å²) in [6.45, 7) is 3.15. The van der Waals surface area contributed by atoms with Gasteiger partial charge in [0.25, 0.3) is 5.56 Å². The maximum Gasteiger partial charge on any atom is 0.251 e. The molecule has 0 spiro atoms. The van der Waals surface area contributed by atoms with Crippen LogP contribution in [0, 0.1) is 5.92 Å². The van der Waals surface area contributed by atoms with E-state index in [1.54, 1.807) is 18.0 Å². The van der Waals surface area contributed by atoms with Crippen LogP contribution < -0.4 is 10.9 Å². The molecule has 1 aromatic heterocycles. The Morgan fingerprint density at radius 1 is 1.56 bits per heavy atom. The monoisotopic (exact) mass is 267 g/mol. The zero-order valence-electron chi connectivity index (χ0n) is 10.8. The van der Waals surface area contributed by atoms with Gasteiger partial charge in [-0.3, -0.25) is 4.79 Å². The first-order valence-electron chi connectivity index (χ1n) is 6.71. The second kappa shape index (κ2) is 6.95. The number of nitrogens with zero attached hydrogens (tertiary/aromatic N) is 1. The third-order valence-corrected chi connectivity index (χ3v) is 4.49. The lowest BCUT2D eigenvalue weighted by Gasteiger charge is -2.23. The Bertz CT molecular complexity index is 415. The average Bonchev–Trinajstić information content (AvgIpc) is 2.88. The predicted molar refractivity (Wildman–Crippen MR) is 75.0 cm³/mol. The van der Waals surface area contributed by atoms with E-state index in [1.165, 1.54) is 31.7 Å². The van der Waals surface area contributed by atoms with Crippen LogP contribution >= 0.6 is 11.8 Å². The number of hydrogen-bond acceptors (Lipinski definition) is 4. The minimum Gasteiger partial charge on any atom is -0.313 e. The molecule has 1 atom stereocenters. The van der Waals surface area contributed by atoms with Gasteiger partial charge in [-0.05, 0) is 25.3 Å². The SMILES string of the molecule is CCNC(CSc1nccc(=O)[nH]1)C1CCCC1. The van der Waals surface area contributed by atoms with E-state index in [2.05, 4.69) is 22.2 Å². The van der Waals surface area contributed by atoms with Gasteiger partial charge >= 0.3 is 0 Å². The topological polar surface area (TPSA) is 57.8 Å². The van der Waals surface area contributed by atoms with Crippen LogP contribution in [0.5, 0.6) is 0 Å². The van der Waals surface area contributed by atoms with Crippen LogP contribution in [0.1, 0.15) is 32.6 Å². The number of hydrogen-bond donors (Lipinski definition) is 2. The van der Waals surface area contributed by atoms with Gasteiger partial charge in [-0.1, -0.05) is 31.5 Å². The Labute approximate surface area is 112 Å². The largest absolute Gasteiger partial charge is 0.313 e. The van der Waals surface area contributed by atoms with Gasteiger partial charge in [0.1, 0.15) is 0 Å². The third-order valence-electron chi connectivity index (χ3n) is 3.48. The van der Waals surface area contributed by atoms with Crippen molar-refractivity contribution in [3.05, 3.63) is 22.6 Å². The van der Waals surface area contributed by atoms with Crippen LogP contribution in [0.15, 0.2) is 22.2 Å². The summed E-state index contributed by atoms with van der Waals surface area (Å²) in [4.78, 5) is 18.1. The van der Waals surface area contributed by atoms with E-state index >= 15 is 0 Å². The van der Waals surface area contributed by atoms with E-state index in [9.17, 15) is 4.79 Å². The van der Waals surface area contributed by atoms with E-state index in [4.69, 9.17) is 0 Å². The van der Waals surface area contributed by atoms with Crippen LogP contribution in [-0.2, 0) is 0 Å². The lowest BCUT2D eigenvalue weighted by molar-refractivity contribution is 0.394. The van der Waals surface area contributed by atoms with Gasteiger partial charge in [0.2, 0.25) is 0 Å². The van der Waals surface area contributed by atoms with Crippen LogP contribution in [-0.4, -0.2) is 28.3 Å². The standard InChI is InChI=1S/C13H21N3OS/c1-2-14-11(10-5-3-4-6-10)9-18-13-15-8-7-12(17)16-13/h7-8,10-11,14H,2-6,9H2,1H3,(H,15,16,17). The third kappa shape index (κ3) is 3.85. The smallest absolute Gasteiger partial charge is 0.251 e. The highest BCUT2D eigenvalue weighted by Gasteiger charge is 2.24. The van der Waals surface area contributed by atoms with Crippen molar-refractivity contribution < 1.29 is 0 Å². The summed E-state index contributed by atoms with van der Waals surface area (Å²) in [7, 11) is 0. The molecule has 4 nitrogen and oxygen atoms in total. The molecule has 1 fully saturated rings. The second-order valence-corrected chi connectivity index (χ2v) is 5.77. The van der Waals surface area contributed by atoms with Gasteiger partial charge in [-0.25, -0.2) is 4.98 Å². The summed E-state index contributed by atoms with van der Waals surface area (Å²) in [6.07, 6.45) is 6.95. The van der Waals surface area contributed by atoms with Gasteiger partial charge in [-0.15, -0.1) is 0 Å². The molecule has 1 aliphatic carbocycles. The Balaban J connectivity index is 1.90. The molecule has 5 heteroatoms. The fourth-order valence-corrected chi connectivity index (χ4v) is 3.61. The van der Waals surface area contributed by atoms with Gasteiger partial charge in [-0.2, -0.15) is 0 Å². The summed E-state index contributed by atoms with van der Waals surface area (Å²) < 4.78 is 0. The van der Waals surface area contributed by atoms with Crippen molar-refractivity contribution in [2.45, 2.75) is 43.8 Å². The Morgan fingerprint density at radius 2 is 2.33 bits per heavy atom. The Kier molecular flexibility index (Phi) is 5.26. The first kappa shape index (κ1) is 13.6. The molecule has 100 valence electrons. The average molecular weight is 267 g/mol. The number of aromatic nitrogens is 2. The minimum absolute atomic E-state index is 0.0756. The van der Waals surface area contributed by atoms with E-state index in [0.29, 0.717) is 6.04 Å². The van der Waals surface area contributed by atoms with Crippen LogP contribution in [0.3, 0.4) is 0 Å². The first-order chi connectivity index (χ1) is 8.79. The quantitative estimate of drug-likeness (QED) is 0.611. The normalized spacial score (nSPS) is 18.1. The number of H-pyrrole nitrogens is 1. The van der Waals surface area contributed by atoms with Crippen molar-refractivity contribution in [1.29, 1.82) is 0 Å². The van der Waals surface area contributed by atoms with Crippen molar-refractivity contribution in [1.82, 2.24) is 15.3 Å². The maximum absolute atomic E-state index is 11.2. The number of nitrogens with one attached hydrogen (secondary N) is 2. The molecule has 1 aliphatic rings. The lowest BCUT2D eigenvalue weighted by atomic mass is 10.00. The van der Waals surface area contributed by atoms with Gasteiger partial charge < -0.3 is 10.3 Å². The molecule has 0 bridgehead atoms. The number of thioether (sulfide) groups is 1. The Morgan fingerprint density at radius 3 is 3.00 bits per heavy atom. The van der Waals surface area contributed by atoms with Crippen molar-refractivity contribution in [3.8, 4) is 0 Å². The molecule has 2 rings (SSSR count).